The van der Waals surface area contributed by atoms with Crippen LogP contribution in [0.25, 0.3) is 0 Å². The first-order chi connectivity index (χ1) is 10.1. The van der Waals surface area contributed by atoms with E-state index in [9.17, 15) is 8.42 Å². The Kier molecular flexibility index (Phi) is 6.39. The summed E-state index contributed by atoms with van der Waals surface area (Å²) in [5.74, 6) is 3.90. The highest BCUT2D eigenvalue weighted by Crippen LogP contribution is 2.49. The van der Waals surface area contributed by atoms with E-state index in [2.05, 4.69) is 10.6 Å². The molecule has 3 fully saturated rings. The molecule has 2 N–H and O–H groups in total. The quantitative estimate of drug-likeness (QED) is 0.375. The van der Waals surface area contributed by atoms with Gasteiger partial charge in [0.05, 0.1) is 11.5 Å². The first-order valence-electron chi connectivity index (χ1n) is 8.32. The van der Waals surface area contributed by atoms with Crippen molar-refractivity contribution in [2.24, 2.45) is 22.7 Å². The topological polar surface area (TPSA) is 70.6 Å². The Hall–Kier alpha value is -0.0500. The fourth-order valence-corrected chi connectivity index (χ4v) is 5.02. The molecular formula is C15H28IN3O2S. The first kappa shape index (κ1) is 18.3. The summed E-state index contributed by atoms with van der Waals surface area (Å²) in [5, 5.41) is 6.56. The molecule has 0 aromatic carbocycles. The summed E-state index contributed by atoms with van der Waals surface area (Å²) in [4.78, 5) is 4.75. The number of sulfone groups is 1. The highest BCUT2D eigenvalue weighted by Gasteiger charge is 2.41. The normalized spacial score (nSPS) is 27.5. The molecule has 3 rings (SSSR count). The summed E-state index contributed by atoms with van der Waals surface area (Å²) in [6, 6.07) is 0.0214. The van der Waals surface area contributed by atoms with Crippen molar-refractivity contribution in [1.29, 1.82) is 0 Å². The maximum absolute atomic E-state index is 11.5. The van der Waals surface area contributed by atoms with Gasteiger partial charge in [0.25, 0.3) is 0 Å². The molecule has 0 aromatic heterocycles. The number of rotatable bonds is 6. The number of guanidine groups is 1. The fraction of sp³-hybridized carbons (Fsp3) is 0.933. The van der Waals surface area contributed by atoms with E-state index in [0.29, 0.717) is 12.2 Å². The Balaban J connectivity index is 0.00000176. The number of nitrogens with one attached hydrogen (secondary N) is 2. The molecule has 0 bridgehead atoms. The molecule has 1 atom stereocenters. The number of aliphatic imine (C=N–C) groups is 1. The third-order valence-corrected chi connectivity index (χ3v) is 6.60. The molecule has 1 heterocycles. The Labute approximate surface area is 151 Å². The van der Waals surface area contributed by atoms with Crippen molar-refractivity contribution in [1.82, 2.24) is 10.6 Å². The summed E-state index contributed by atoms with van der Waals surface area (Å²) >= 11 is 0. The zero-order valence-corrected chi connectivity index (χ0v) is 16.4. The lowest BCUT2D eigenvalue weighted by Crippen LogP contribution is -2.44. The molecule has 1 unspecified atom stereocenters. The van der Waals surface area contributed by atoms with Gasteiger partial charge in [-0.25, -0.2) is 8.42 Å². The summed E-state index contributed by atoms with van der Waals surface area (Å²) < 4.78 is 23.1. The van der Waals surface area contributed by atoms with Gasteiger partial charge in [0, 0.05) is 19.1 Å². The van der Waals surface area contributed by atoms with E-state index in [-0.39, 0.29) is 35.8 Å². The van der Waals surface area contributed by atoms with Crippen LogP contribution in [0, 0.1) is 17.8 Å². The van der Waals surface area contributed by atoms with Crippen LogP contribution in [0.4, 0.5) is 0 Å². The number of hydrogen-bond acceptors (Lipinski definition) is 3. The van der Waals surface area contributed by atoms with Crippen LogP contribution in [-0.2, 0) is 9.84 Å². The number of halogens is 1. The maximum atomic E-state index is 11.5. The predicted octanol–water partition coefficient (Wildman–Crippen LogP) is 1.78. The molecule has 2 aliphatic carbocycles. The molecular weight excluding hydrogens is 413 g/mol. The second-order valence-corrected chi connectivity index (χ2v) is 9.03. The minimum absolute atomic E-state index is 0. The van der Waals surface area contributed by atoms with Crippen molar-refractivity contribution < 1.29 is 8.42 Å². The molecule has 7 heteroatoms. The largest absolute Gasteiger partial charge is 0.357 e. The second-order valence-electron chi connectivity index (χ2n) is 6.80. The van der Waals surface area contributed by atoms with Crippen LogP contribution in [0.5, 0.6) is 0 Å². The number of nitrogens with zero attached hydrogens (tertiary/aromatic N) is 1. The summed E-state index contributed by atoms with van der Waals surface area (Å²) in [5.41, 5.74) is 0. The molecule has 128 valence electrons. The lowest BCUT2D eigenvalue weighted by atomic mass is 9.98. The van der Waals surface area contributed by atoms with E-state index < -0.39 is 9.84 Å². The van der Waals surface area contributed by atoms with Gasteiger partial charge in [-0.1, -0.05) is 0 Å². The Bertz CT molecular complexity index is 489. The maximum Gasteiger partial charge on any atom is 0.191 e. The van der Waals surface area contributed by atoms with Gasteiger partial charge in [0.1, 0.15) is 0 Å². The van der Waals surface area contributed by atoms with Crippen molar-refractivity contribution in [3.05, 3.63) is 0 Å². The van der Waals surface area contributed by atoms with Gasteiger partial charge in [-0.15, -0.1) is 24.0 Å². The minimum atomic E-state index is -2.84. The molecule has 1 saturated heterocycles. The van der Waals surface area contributed by atoms with Crippen molar-refractivity contribution in [2.75, 3.05) is 24.6 Å². The SMILES string of the molecule is CCNC(=NCC(C1CC1)C1CC1)NC1CCS(=O)(=O)C1.I. The average molecular weight is 441 g/mol. The zero-order chi connectivity index (χ0) is 14.9. The lowest BCUT2D eigenvalue weighted by Gasteiger charge is -2.18. The first-order valence-corrected chi connectivity index (χ1v) is 10.1. The summed E-state index contributed by atoms with van der Waals surface area (Å²) in [6.45, 7) is 3.74. The molecule has 1 aliphatic heterocycles. The minimum Gasteiger partial charge on any atom is -0.357 e. The van der Waals surface area contributed by atoms with Gasteiger partial charge in [-0.2, -0.15) is 0 Å². The van der Waals surface area contributed by atoms with E-state index in [0.717, 1.165) is 36.8 Å². The smallest absolute Gasteiger partial charge is 0.191 e. The fourth-order valence-electron chi connectivity index (χ4n) is 3.35. The van der Waals surface area contributed by atoms with Gasteiger partial charge < -0.3 is 10.6 Å². The molecule has 0 radical (unpaired) electrons. The van der Waals surface area contributed by atoms with Gasteiger partial charge in [-0.3, -0.25) is 4.99 Å². The van der Waals surface area contributed by atoms with Crippen LogP contribution in [-0.4, -0.2) is 45.0 Å². The third-order valence-electron chi connectivity index (χ3n) is 4.83. The molecule has 3 aliphatic rings. The van der Waals surface area contributed by atoms with E-state index in [1.807, 2.05) is 6.92 Å². The van der Waals surface area contributed by atoms with E-state index >= 15 is 0 Å². The molecule has 0 aromatic rings. The average Bonchev–Trinajstić information content (AvgIpc) is 3.31. The summed E-state index contributed by atoms with van der Waals surface area (Å²) in [6.07, 6.45) is 6.20. The molecule has 0 spiro atoms. The van der Waals surface area contributed by atoms with Crippen molar-refractivity contribution >= 4 is 39.8 Å². The Morgan fingerprint density at radius 1 is 1.18 bits per heavy atom. The van der Waals surface area contributed by atoms with Gasteiger partial charge in [0.2, 0.25) is 0 Å². The van der Waals surface area contributed by atoms with Crippen LogP contribution in [0.15, 0.2) is 4.99 Å². The van der Waals surface area contributed by atoms with Crippen LogP contribution in [0.2, 0.25) is 0 Å². The summed E-state index contributed by atoms with van der Waals surface area (Å²) in [7, 11) is -2.84. The standard InChI is InChI=1S/C15H27N3O2S.HI/c1-2-16-15(18-13-7-8-21(19,20)10-13)17-9-14(11-3-4-11)12-5-6-12;/h11-14H,2-10H2,1H3,(H2,16,17,18);1H. The molecule has 0 amide bonds. The van der Waals surface area contributed by atoms with Gasteiger partial charge in [0.15, 0.2) is 15.8 Å². The molecule has 22 heavy (non-hydrogen) atoms. The Morgan fingerprint density at radius 3 is 2.27 bits per heavy atom. The highest BCUT2D eigenvalue weighted by molar-refractivity contribution is 14.0. The zero-order valence-electron chi connectivity index (χ0n) is 13.3. The second kappa shape index (κ2) is 7.68. The van der Waals surface area contributed by atoms with Crippen molar-refractivity contribution in [2.45, 2.75) is 45.1 Å². The van der Waals surface area contributed by atoms with Crippen LogP contribution < -0.4 is 10.6 Å². The van der Waals surface area contributed by atoms with Crippen molar-refractivity contribution in [3.63, 3.8) is 0 Å². The van der Waals surface area contributed by atoms with Crippen molar-refractivity contribution in [3.8, 4) is 0 Å². The monoisotopic (exact) mass is 441 g/mol. The van der Waals surface area contributed by atoms with Gasteiger partial charge in [-0.05, 0) is 56.8 Å². The van der Waals surface area contributed by atoms with Crippen LogP contribution >= 0.6 is 24.0 Å². The lowest BCUT2D eigenvalue weighted by molar-refractivity contribution is 0.416. The third kappa shape index (κ3) is 5.25. The van der Waals surface area contributed by atoms with E-state index in [4.69, 9.17) is 4.99 Å². The van der Waals surface area contributed by atoms with E-state index in [1.165, 1.54) is 25.7 Å². The van der Waals surface area contributed by atoms with Crippen LogP contribution in [0.1, 0.15) is 39.0 Å². The molecule has 2 saturated carbocycles. The van der Waals surface area contributed by atoms with Gasteiger partial charge >= 0.3 is 0 Å². The van der Waals surface area contributed by atoms with Crippen LogP contribution in [0.3, 0.4) is 0 Å². The number of hydrogen-bond donors (Lipinski definition) is 2. The highest BCUT2D eigenvalue weighted by atomic mass is 127. The predicted molar refractivity (Wildman–Crippen MR) is 101 cm³/mol. The van der Waals surface area contributed by atoms with E-state index in [1.54, 1.807) is 0 Å². The Morgan fingerprint density at radius 2 is 1.82 bits per heavy atom. The molecule has 5 nitrogen and oxygen atoms in total.